The summed E-state index contributed by atoms with van der Waals surface area (Å²) < 4.78 is 5.36. The molecule has 0 aliphatic carbocycles. The van der Waals surface area contributed by atoms with Crippen LogP contribution in [0.25, 0.3) is 10.1 Å². The maximum absolute atomic E-state index is 11.4. The van der Waals surface area contributed by atoms with Gasteiger partial charge in [-0.2, -0.15) is 0 Å². The highest BCUT2D eigenvalue weighted by Gasteiger charge is 2.17. The van der Waals surface area contributed by atoms with Crippen LogP contribution in [0.3, 0.4) is 0 Å². The van der Waals surface area contributed by atoms with Gasteiger partial charge in [0.15, 0.2) is 0 Å². The number of amides is 1. The van der Waals surface area contributed by atoms with Gasteiger partial charge in [-0.05, 0) is 12.1 Å². The number of hydrogen-bond acceptors (Lipinski definition) is 5. The van der Waals surface area contributed by atoms with Crippen LogP contribution >= 0.6 is 11.3 Å². The smallest absolute Gasteiger partial charge is 0.350 e. The fourth-order valence-electron chi connectivity index (χ4n) is 1.51. The zero-order valence-electron chi connectivity index (χ0n) is 9.02. The maximum Gasteiger partial charge on any atom is 0.350 e. The number of benzene rings is 1. The fourth-order valence-corrected chi connectivity index (χ4v) is 2.59. The number of primary amides is 1. The van der Waals surface area contributed by atoms with Crippen molar-refractivity contribution in [1.29, 1.82) is 0 Å². The SMILES string of the molecule is COC(=O)c1sc2cc(C(N)=O)ccc2c1N. The van der Waals surface area contributed by atoms with Crippen LogP contribution in [0.4, 0.5) is 5.69 Å². The highest BCUT2D eigenvalue weighted by atomic mass is 32.1. The first-order valence-electron chi connectivity index (χ1n) is 4.74. The number of ether oxygens (including phenoxy) is 1. The second-order valence-electron chi connectivity index (χ2n) is 3.41. The number of carbonyl (C=O) groups is 2. The Morgan fingerprint density at radius 2 is 2.06 bits per heavy atom. The molecule has 1 aromatic heterocycles. The molecule has 5 nitrogen and oxygen atoms in total. The number of methoxy groups -OCH3 is 1. The molecule has 0 aliphatic heterocycles. The average Bonchev–Trinajstić information content (AvgIpc) is 2.65. The fraction of sp³-hybridized carbons (Fsp3) is 0.0909. The highest BCUT2D eigenvalue weighted by molar-refractivity contribution is 7.21. The summed E-state index contributed by atoms with van der Waals surface area (Å²) in [6.07, 6.45) is 0. The van der Waals surface area contributed by atoms with Crippen molar-refractivity contribution in [3.8, 4) is 0 Å². The van der Waals surface area contributed by atoms with Crippen LogP contribution in [-0.4, -0.2) is 19.0 Å². The lowest BCUT2D eigenvalue weighted by Gasteiger charge is -1.96. The second kappa shape index (κ2) is 4.06. The van der Waals surface area contributed by atoms with Crippen LogP contribution in [0.2, 0.25) is 0 Å². The molecule has 6 heteroatoms. The molecule has 0 aliphatic rings. The summed E-state index contributed by atoms with van der Waals surface area (Å²) in [6.45, 7) is 0. The van der Waals surface area contributed by atoms with E-state index in [-0.39, 0.29) is 0 Å². The third-order valence-corrected chi connectivity index (χ3v) is 3.53. The molecule has 0 atom stereocenters. The Kier molecular flexibility index (Phi) is 2.72. The van der Waals surface area contributed by atoms with Gasteiger partial charge >= 0.3 is 5.97 Å². The molecule has 0 bridgehead atoms. The number of anilines is 1. The molecule has 1 aromatic carbocycles. The number of hydrogen-bond donors (Lipinski definition) is 2. The molecule has 0 spiro atoms. The summed E-state index contributed by atoms with van der Waals surface area (Å²) in [5.74, 6) is -0.997. The number of thiophene rings is 1. The lowest BCUT2D eigenvalue weighted by atomic mass is 10.1. The summed E-state index contributed by atoms with van der Waals surface area (Å²) in [5.41, 5.74) is 11.8. The molecule has 1 amide bonds. The topological polar surface area (TPSA) is 95.4 Å². The summed E-state index contributed by atoms with van der Waals surface area (Å²) in [7, 11) is 1.29. The lowest BCUT2D eigenvalue weighted by molar-refractivity contribution is 0.0607. The van der Waals surface area contributed by atoms with E-state index in [1.807, 2.05) is 0 Å². The number of carbonyl (C=O) groups excluding carboxylic acids is 2. The van der Waals surface area contributed by atoms with E-state index in [0.29, 0.717) is 16.1 Å². The van der Waals surface area contributed by atoms with Gasteiger partial charge in [0.05, 0.1) is 12.8 Å². The molecule has 2 aromatic rings. The molecular formula is C11H10N2O3S. The van der Waals surface area contributed by atoms with Crippen LogP contribution in [-0.2, 0) is 4.74 Å². The number of nitrogens with two attached hydrogens (primary N) is 2. The lowest BCUT2D eigenvalue weighted by Crippen LogP contribution is -2.10. The zero-order valence-corrected chi connectivity index (χ0v) is 9.84. The molecule has 2 rings (SSSR count). The molecule has 0 fully saturated rings. The van der Waals surface area contributed by atoms with E-state index in [9.17, 15) is 9.59 Å². The van der Waals surface area contributed by atoms with Gasteiger partial charge in [-0.25, -0.2) is 4.79 Å². The summed E-state index contributed by atoms with van der Waals surface area (Å²) in [5, 5.41) is 0.723. The van der Waals surface area contributed by atoms with Crippen molar-refractivity contribution in [2.75, 3.05) is 12.8 Å². The van der Waals surface area contributed by atoms with Gasteiger partial charge in [-0.15, -0.1) is 11.3 Å². The molecule has 0 saturated heterocycles. The van der Waals surface area contributed by atoms with Crippen LogP contribution < -0.4 is 11.5 Å². The van der Waals surface area contributed by atoms with Gasteiger partial charge in [0.2, 0.25) is 5.91 Å². The molecule has 4 N–H and O–H groups in total. The molecular weight excluding hydrogens is 240 g/mol. The third-order valence-electron chi connectivity index (χ3n) is 2.38. The van der Waals surface area contributed by atoms with E-state index < -0.39 is 11.9 Å². The quantitative estimate of drug-likeness (QED) is 0.787. The van der Waals surface area contributed by atoms with Crippen molar-refractivity contribution in [2.45, 2.75) is 0 Å². The Labute approximate surface area is 101 Å². The van der Waals surface area contributed by atoms with E-state index in [1.54, 1.807) is 18.2 Å². The standard InChI is InChI=1S/C11H10N2O3S/c1-16-11(15)9-8(12)6-3-2-5(10(13)14)4-7(6)17-9/h2-4H,12H2,1H3,(H2,13,14). The van der Waals surface area contributed by atoms with E-state index in [0.717, 1.165) is 10.1 Å². The Bertz CT molecular complexity index is 618. The first kappa shape index (κ1) is 11.4. The molecule has 0 radical (unpaired) electrons. The minimum absolute atomic E-state index is 0.337. The van der Waals surface area contributed by atoms with Gasteiger partial charge in [0.25, 0.3) is 0 Å². The van der Waals surface area contributed by atoms with Gasteiger partial charge in [0, 0.05) is 15.6 Å². The normalized spacial score (nSPS) is 10.4. The molecule has 1 heterocycles. The third kappa shape index (κ3) is 1.83. The van der Waals surface area contributed by atoms with E-state index in [2.05, 4.69) is 4.74 Å². The average molecular weight is 250 g/mol. The van der Waals surface area contributed by atoms with Crippen LogP contribution in [0.1, 0.15) is 20.0 Å². The Morgan fingerprint density at radius 1 is 1.35 bits per heavy atom. The van der Waals surface area contributed by atoms with Crippen LogP contribution in [0.5, 0.6) is 0 Å². The molecule has 0 unspecified atom stereocenters. The summed E-state index contributed by atoms with van der Waals surface area (Å²) >= 11 is 1.18. The zero-order chi connectivity index (χ0) is 12.6. The highest BCUT2D eigenvalue weighted by Crippen LogP contribution is 2.34. The van der Waals surface area contributed by atoms with E-state index in [4.69, 9.17) is 11.5 Å². The largest absolute Gasteiger partial charge is 0.465 e. The van der Waals surface area contributed by atoms with Gasteiger partial charge in [-0.3, -0.25) is 4.79 Å². The Morgan fingerprint density at radius 3 is 2.65 bits per heavy atom. The van der Waals surface area contributed by atoms with Crippen molar-refractivity contribution >= 4 is 39.0 Å². The Hall–Kier alpha value is -2.08. The van der Waals surface area contributed by atoms with E-state index >= 15 is 0 Å². The number of rotatable bonds is 2. The number of nitrogen functional groups attached to an aromatic ring is 1. The van der Waals surface area contributed by atoms with Crippen LogP contribution in [0, 0.1) is 0 Å². The van der Waals surface area contributed by atoms with Gasteiger partial charge in [0.1, 0.15) is 4.88 Å². The van der Waals surface area contributed by atoms with Crippen molar-refractivity contribution < 1.29 is 14.3 Å². The van der Waals surface area contributed by atoms with Crippen molar-refractivity contribution in [3.63, 3.8) is 0 Å². The molecule has 17 heavy (non-hydrogen) atoms. The molecule has 88 valence electrons. The van der Waals surface area contributed by atoms with Crippen molar-refractivity contribution in [3.05, 3.63) is 28.6 Å². The second-order valence-corrected chi connectivity index (χ2v) is 4.46. The van der Waals surface area contributed by atoms with Crippen molar-refractivity contribution in [1.82, 2.24) is 0 Å². The first-order chi connectivity index (χ1) is 8.04. The number of esters is 1. The van der Waals surface area contributed by atoms with E-state index in [1.165, 1.54) is 18.4 Å². The first-order valence-corrected chi connectivity index (χ1v) is 5.56. The minimum atomic E-state index is -0.515. The number of fused-ring (bicyclic) bond motifs is 1. The maximum atomic E-state index is 11.4. The van der Waals surface area contributed by atoms with Gasteiger partial charge in [-0.1, -0.05) is 6.07 Å². The molecule has 0 saturated carbocycles. The predicted octanol–water partition coefficient (Wildman–Crippen LogP) is 1.37. The predicted molar refractivity (Wildman–Crippen MR) is 66.1 cm³/mol. The van der Waals surface area contributed by atoms with Crippen molar-refractivity contribution in [2.24, 2.45) is 5.73 Å². The monoisotopic (exact) mass is 250 g/mol. The van der Waals surface area contributed by atoms with Crippen LogP contribution in [0.15, 0.2) is 18.2 Å². The summed E-state index contributed by atoms with van der Waals surface area (Å²) in [4.78, 5) is 22.8. The van der Waals surface area contributed by atoms with Gasteiger partial charge < -0.3 is 16.2 Å². The summed E-state index contributed by atoms with van der Waals surface area (Å²) in [6, 6.07) is 4.87. The minimum Gasteiger partial charge on any atom is -0.465 e. The Balaban J connectivity index is 2.65.